The summed E-state index contributed by atoms with van der Waals surface area (Å²) in [5, 5.41) is 9.88. The molecule has 0 spiro atoms. The highest BCUT2D eigenvalue weighted by Gasteiger charge is 1.92. The maximum Gasteiger partial charge on any atom is 0.176 e. The van der Waals surface area contributed by atoms with Crippen LogP contribution in [0.2, 0.25) is 0 Å². The lowest BCUT2D eigenvalue weighted by molar-refractivity contribution is 0.300. The van der Waals surface area contributed by atoms with Crippen molar-refractivity contribution in [3.63, 3.8) is 0 Å². The Morgan fingerprint density at radius 1 is 1.31 bits per heavy atom. The molecular formula is C9H14N4. The molecule has 4 heteroatoms. The minimum atomic E-state index is 0.648. The van der Waals surface area contributed by atoms with Gasteiger partial charge in [0.25, 0.3) is 0 Å². The van der Waals surface area contributed by atoms with Gasteiger partial charge in [0.2, 0.25) is 0 Å². The van der Waals surface area contributed by atoms with Gasteiger partial charge in [0.1, 0.15) is 0 Å². The number of rotatable bonds is 4. The standard InChI is InChI=1S/C9H14N4/c1-3-13(4-2)12-11-9-7-5-6-8-10-9/h5-8H,3-4H2,1-2H3/b12-11+. The highest BCUT2D eigenvalue weighted by atomic mass is 15.5. The molecule has 1 rings (SSSR count). The maximum atomic E-state index is 4.03. The Morgan fingerprint density at radius 2 is 2.08 bits per heavy atom. The number of aromatic nitrogens is 1. The van der Waals surface area contributed by atoms with Gasteiger partial charge in [-0.2, -0.15) is 0 Å². The first-order valence-electron chi connectivity index (χ1n) is 4.44. The van der Waals surface area contributed by atoms with Gasteiger partial charge in [-0.15, -0.1) is 5.11 Å². The molecule has 0 saturated heterocycles. The molecule has 0 radical (unpaired) electrons. The first kappa shape index (κ1) is 9.64. The van der Waals surface area contributed by atoms with Gasteiger partial charge < -0.3 is 0 Å². The van der Waals surface area contributed by atoms with E-state index < -0.39 is 0 Å². The predicted octanol–water partition coefficient (Wildman–Crippen LogP) is 2.42. The summed E-state index contributed by atoms with van der Waals surface area (Å²) in [4.78, 5) is 4.03. The second-order valence-corrected chi connectivity index (χ2v) is 2.52. The van der Waals surface area contributed by atoms with Crippen LogP contribution in [-0.4, -0.2) is 23.1 Å². The number of pyridine rings is 1. The quantitative estimate of drug-likeness (QED) is 0.524. The molecule has 0 aliphatic carbocycles. The summed E-state index contributed by atoms with van der Waals surface area (Å²) in [6, 6.07) is 5.58. The Hall–Kier alpha value is -1.45. The summed E-state index contributed by atoms with van der Waals surface area (Å²) < 4.78 is 0. The zero-order chi connectivity index (χ0) is 9.52. The Labute approximate surface area is 78.3 Å². The summed E-state index contributed by atoms with van der Waals surface area (Å²) in [6.45, 7) is 5.82. The van der Waals surface area contributed by atoms with E-state index >= 15 is 0 Å². The molecule has 4 nitrogen and oxygen atoms in total. The lowest BCUT2D eigenvalue weighted by Crippen LogP contribution is -2.14. The van der Waals surface area contributed by atoms with Gasteiger partial charge in [0, 0.05) is 19.3 Å². The molecule has 1 heterocycles. The topological polar surface area (TPSA) is 40.9 Å². The molecule has 0 aromatic carbocycles. The fourth-order valence-electron chi connectivity index (χ4n) is 0.872. The second kappa shape index (κ2) is 5.24. The monoisotopic (exact) mass is 178 g/mol. The van der Waals surface area contributed by atoms with Crippen LogP contribution >= 0.6 is 0 Å². The van der Waals surface area contributed by atoms with Crippen molar-refractivity contribution < 1.29 is 0 Å². The number of hydrogen-bond donors (Lipinski definition) is 0. The minimum absolute atomic E-state index is 0.648. The predicted molar refractivity (Wildman–Crippen MR) is 51.7 cm³/mol. The van der Waals surface area contributed by atoms with E-state index in [0.29, 0.717) is 5.82 Å². The summed E-state index contributed by atoms with van der Waals surface area (Å²) in [6.07, 6.45) is 1.70. The van der Waals surface area contributed by atoms with Crippen LogP contribution in [0.15, 0.2) is 34.7 Å². The van der Waals surface area contributed by atoms with E-state index in [0.717, 1.165) is 13.1 Å². The van der Waals surface area contributed by atoms with Crippen LogP contribution in [0.3, 0.4) is 0 Å². The molecule has 0 amide bonds. The smallest absolute Gasteiger partial charge is 0.176 e. The SMILES string of the molecule is CCN(CC)/N=N/c1ccccn1. The van der Waals surface area contributed by atoms with Gasteiger partial charge >= 0.3 is 0 Å². The van der Waals surface area contributed by atoms with Crippen LogP contribution in [0, 0.1) is 0 Å². The second-order valence-electron chi connectivity index (χ2n) is 2.52. The van der Waals surface area contributed by atoms with Gasteiger partial charge in [-0.05, 0) is 26.0 Å². The third kappa shape index (κ3) is 3.19. The van der Waals surface area contributed by atoms with E-state index in [4.69, 9.17) is 0 Å². The van der Waals surface area contributed by atoms with Crippen LogP contribution < -0.4 is 0 Å². The van der Waals surface area contributed by atoms with Crippen molar-refractivity contribution in [3.8, 4) is 0 Å². The molecule has 70 valence electrons. The summed E-state index contributed by atoms with van der Waals surface area (Å²) in [5.41, 5.74) is 0. The van der Waals surface area contributed by atoms with E-state index in [9.17, 15) is 0 Å². The first-order valence-corrected chi connectivity index (χ1v) is 4.44. The van der Waals surface area contributed by atoms with Crippen LogP contribution in [0.25, 0.3) is 0 Å². The van der Waals surface area contributed by atoms with E-state index in [1.54, 1.807) is 6.20 Å². The van der Waals surface area contributed by atoms with E-state index in [2.05, 4.69) is 15.3 Å². The molecular weight excluding hydrogens is 164 g/mol. The van der Waals surface area contributed by atoms with Crippen LogP contribution in [0.1, 0.15) is 13.8 Å². The van der Waals surface area contributed by atoms with Crippen LogP contribution in [-0.2, 0) is 0 Å². The first-order chi connectivity index (χ1) is 6.36. The van der Waals surface area contributed by atoms with E-state index in [1.807, 2.05) is 37.1 Å². The Balaban J connectivity index is 2.57. The van der Waals surface area contributed by atoms with Crippen molar-refractivity contribution >= 4 is 5.82 Å². The molecule has 13 heavy (non-hydrogen) atoms. The third-order valence-corrected chi connectivity index (χ3v) is 1.65. The fraction of sp³-hybridized carbons (Fsp3) is 0.444. The molecule has 0 aliphatic rings. The third-order valence-electron chi connectivity index (χ3n) is 1.65. The zero-order valence-electron chi connectivity index (χ0n) is 8.01. The van der Waals surface area contributed by atoms with Crippen molar-refractivity contribution in [2.45, 2.75) is 13.8 Å². The molecule has 0 bridgehead atoms. The van der Waals surface area contributed by atoms with Gasteiger partial charge in [-0.25, -0.2) is 4.98 Å². The Bertz CT molecular complexity index is 254. The molecule has 1 aromatic rings. The molecule has 0 N–H and O–H groups in total. The summed E-state index contributed by atoms with van der Waals surface area (Å²) in [5.74, 6) is 0.648. The molecule has 0 unspecified atom stereocenters. The summed E-state index contributed by atoms with van der Waals surface area (Å²) in [7, 11) is 0. The summed E-state index contributed by atoms with van der Waals surface area (Å²) >= 11 is 0. The zero-order valence-corrected chi connectivity index (χ0v) is 8.01. The lowest BCUT2D eigenvalue weighted by Gasteiger charge is -2.10. The fourth-order valence-corrected chi connectivity index (χ4v) is 0.872. The van der Waals surface area contributed by atoms with E-state index in [1.165, 1.54) is 0 Å². The van der Waals surface area contributed by atoms with Crippen LogP contribution in [0.5, 0.6) is 0 Å². The molecule has 0 fully saturated rings. The molecule has 1 aromatic heterocycles. The van der Waals surface area contributed by atoms with Crippen molar-refractivity contribution in [1.29, 1.82) is 0 Å². The highest BCUT2D eigenvalue weighted by Crippen LogP contribution is 2.06. The van der Waals surface area contributed by atoms with Gasteiger partial charge in [-0.3, -0.25) is 5.01 Å². The van der Waals surface area contributed by atoms with Crippen molar-refractivity contribution in [2.75, 3.05) is 13.1 Å². The highest BCUT2D eigenvalue weighted by molar-refractivity contribution is 5.23. The largest absolute Gasteiger partial charge is 0.279 e. The molecule has 0 saturated carbocycles. The van der Waals surface area contributed by atoms with Crippen molar-refractivity contribution in [2.24, 2.45) is 10.3 Å². The van der Waals surface area contributed by atoms with E-state index in [-0.39, 0.29) is 0 Å². The van der Waals surface area contributed by atoms with Crippen LogP contribution in [0.4, 0.5) is 5.82 Å². The number of nitrogens with zero attached hydrogens (tertiary/aromatic N) is 4. The molecule has 0 aliphatic heterocycles. The normalized spacial score (nSPS) is 10.6. The average molecular weight is 178 g/mol. The van der Waals surface area contributed by atoms with Crippen molar-refractivity contribution in [3.05, 3.63) is 24.4 Å². The molecule has 0 atom stereocenters. The Kier molecular flexibility index (Phi) is 3.88. The average Bonchev–Trinajstić information content (AvgIpc) is 2.21. The maximum absolute atomic E-state index is 4.03. The minimum Gasteiger partial charge on any atom is -0.279 e. The van der Waals surface area contributed by atoms with Crippen molar-refractivity contribution in [1.82, 2.24) is 9.99 Å². The number of hydrogen-bond acceptors (Lipinski definition) is 3. The van der Waals surface area contributed by atoms with Gasteiger partial charge in [-0.1, -0.05) is 11.3 Å². The Morgan fingerprint density at radius 3 is 2.62 bits per heavy atom. The lowest BCUT2D eigenvalue weighted by atomic mass is 10.5. The van der Waals surface area contributed by atoms with Gasteiger partial charge in [0.05, 0.1) is 0 Å². The van der Waals surface area contributed by atoms with Gasteiger partial charge in [0.15, 0.2) is 5.82 Å².